The molecular formula is C14H11BrCl2FN. The van der Waals surface area contributed by atoms with Gasteiger partial charge in [-0.3, -0.25) is 0 Å². The summed E-state index contributed by atoms with van der Waals surface area (Å²) in [6, 6.07) is 9.85. The molecule has 0 spiro atoms. The van der Waals surface area contributed by atoms with Gasteiger partial charge in [0.1, 0.15) is 5.82 Å². The molecular weight excluding hydrogens is 352 g/mol. The molecule has 1 unspecified atom stereocenters. The van der Waals surface area contributed by atoms with Crippen LogP contribution in [0.2, 0.25) is 10.0 Å². The summed E-state index contributed by atoms with van der Waals surface area (Å²) in [5.41, 5.74) is 1.17. The van der Waals surface area contributed by atoms with Crippen LogP contribution in [0.3, 0.4) is 0 Å². The Hall–Kier alpha value is -0.770. The Morgan fingerprint density at radius 3 is 2.32 bits per heavy atom. The summed E-state index contributed by atoms with van der Waals surface area (Å²) in [5, 5.41) is 4.12. The van der Waals surface area contributed by atoms with E-state index in [1.54, 1.807) is 30.3 Å². The first-order valence-corrected chi connectivity index (χ1v) is 7.19. The zero-order valence-electron chi connectivity index (χ0n) is 10.1. The summed E-state index contributed by atoms with van der Waals surface area (Å²) < 4.78 is 14.5. The van der Waals surface area contributed by atoms with E-state index in [1.807, 2.05) is 6.92 Å². The molecule has 1 atom stereocenters. The molecule has 1 N–H and O–H groups in total. The van der Waals surface area contributed by atoms with Gasteiger partial charge in [0.15, 0.2) is 0 Å². The summed E-state index contributed by atoms with van der Waals surface area (Å²) in [7, 11) is 0. The van der Waals surface area contributed by atoms with Gasteiger partial charge in [0.25, 0.3) is 0 Å². The number of anilines is 1. The van der Waals surface area contributed by atoms with Gasteiger partial charge in [-0.2, -0.15) is 0 Å². The van der Waals surface area contributed by atoms with Gasteiger partial charge in [0.05, 0.1) is 21.8 Å². The van der Waals surface area contributed by atoms with Gasteiger partial charge in [-0.05, 0) is 25.1 Å². The molecule has 0 aliphatic rings. The molecule has 2 aromatic carbocycles. The van der Waals surface area contributed by atoms with Crippen molar-refractivity contribution in [2.75, 3.05) is 5.32 Å². The molecule has 2 aromatic rings. The average molecular weight is 363 g/mol. The minimum absolute atomic E-state index is 0.239. The third-order valence-corrected chi connectivity index (χ3v) is 3.79. The molecule has 1 nitrogen and oxygen atoms in total. The third-order valence-electron chi connectivity index (χ3n) is 2.74. The van der Waals surface area contributed by atoms with Crippen molar-refractivity contribution >= 4 is 44.8 Å². The molecule has 0 fully saturated rings. The van der Waals surface area contributed by atoms with E-state index >= 15 is 0 Å². The first kappa shape index (κ1) is 14.6. The zero-order chi connectivity index (χ0) is 14.0. The predicted octanol–water partition coefficient (Wildman–Crippen LogP) is 6.07. The Labute approximate surface area is 129 Å². The molecule has 0 saturated heterocycles. The fourth-order valence-corrected chi connectivity index (χ4v) is 3.12. The summed E-state index contributed by atoms with van der Waals surface area (Å²) in [5.74, 6) is -0.258. The lowest BCUT2D eigenvalue weighted by molar-refractivity contribution is 0.600. The van der Waals surface area contributed by atoms with Crippen molar-refractivity contribution in [3.05, 3.63) is 62.3 Å². The van der Waals surface area contributed by atoms with Gasteiger partial charge < -0.3 is 5.32 Å². The highest BCUT2D eigenvalue weighted by Crippen LogP contribution is 2.36. The van der Waals surface area contributed by atoms with E-state index in [9.17, 15) is 4.39 Å². The van der Waals surface area contributed by atoms with Crippen molar-refractivity contribution in [3.8, 4) is 0 Å². The lowest BCUT2D eigenvalue weighted by atomic mass is 10.1. The monoisotopic (exact) mass is 361 g/mol. The van der Waals surface area contributed by atoms with Crippen LogP contribution in [0, 0.1) is 5.82 Å². The van der Waals surface area contributed by atoms with Crippen LogP contribution in [0.5, 0.6) is 0 Å². The molecule has 2 rings (SSSR count). The highest BCUT2D eigenvalue weighted by Gasteiger charge is 2.14. The Balaban J connectivity index is 2.29. The maximum Gasteiger partial charge on any atom is 0.128 e. The molecule has 0 aliphatic carbocycles. The van der Waals surface area contributed by atoms with E-state index < -0.39 is 0 Å². The lowest BCUT2D eigenvalue weighted by Crippen LogP contribution is -2.09. The van der Waals surface area contributed by atoms with Gasteiger partial charge in [-0.1, -0.05) is 57.3 Å². The van der Waals surface area contributed by atoms with Gasteiger partial charge >= 0.3 is 0 Å². The topological polar surface area (TPSA) is 12.0 Å². The Bertz CT molecular complexity index is 581. The number of nitrogens with one attached hydrogen (secondary N) is 1. The molecule has 0 radical (unpaired) electrons. The van der Waals surface area contributed by atoms with Crippen LogP contribution in [-0.4, -0.2) is 0 Å². The summed E-state index contributed by atoms with van der Waals surface area (Å²) in [6.45, 7) is 1.85. The molecule has 19 heavy (non-hydrogen) atoms. The summed E-state index contributed by atoms with van der Waals surface area (Å²) in [4.78, 5) is 0. The first-order chi connectivity index (χ1) is 8.99. The zero-order valence-corrected chi connectivity index (χ0v) is 13.2. The predicted molar refractivity (Wildman–Crippen MR) is 82.6 cm³/mol. The number of halogens is 4. The van der Waals surface area contributed by atoms with E-state index in [1.165, 1.54) is 6.07 Å². The molecule has 0 bridgehead atoms. The molecule has 0 amide bonds. The van der Waals surface area contributed by atoms with Crippen molar-refractivity contribution in [1.82, 2.24) is 0 Å². The van der Waals surface area contributed by atoms with E-state index in [0.717, 1.165) is 4.47 Å². The molecule has 100 valence electrons. The SMILES string of the molecule is CC(Nc1c(Cl)cc(Br)cc1Cl)c1ccccc1F. The first-order valence-electron chi connectivity index (χ1n) is 5.64. The van der Waals surface area contributed by atoms with Gasteiger partial charge in [0, 0.05) is 10.0 Å². The Morgan fingerprint density at radius 1 is 1.16 bits per heavy atom. The molecule has 0 heterocycles. The second kappa shape index (κ2) is 6.12. The van der Waals surface area contributed by atoms with Crippen LogP contribution in [0.1, 0.15) is 18.5 Å². The second-order valence-electron chi connectivity index (χ2n) is 4.13. The van der Waals surface area contributed by atoms with E-state index in [0.29, 0.717) is 21.3 Å². The summed E-state index contributed by atoms with van der Waals surface area (Å²) >= 11 is 15.6. The third kappa shape index (κ3) is 3.41. The smallest absolute Gasteiger partial charge is 0.128 e. The van der Waals surface area contributed by atoms with Crippen molar-refractivity contribution in [2.45, 2.75) is 13.0 Å². The van der Waals surface area contributed by atoms with E-state index in [2.05, 4.69) is 21.2 Å². The van der Waals surface area contributed by atoms with Crippen molar-refractivity contribution in [2.24, 2.45) is 0 Å². The van der Waals surface area contributed by atoms with E-state index in [4.69, 9.17) is 23.2 Å². The van der Waals surface area contributed by atoms with Crippen LogP contribution in [0.25, 0.3) is 0 Å². The summed E-state index contributed by atoms with van der Waals surface area (Å²) in [6.07, 6.45) is 0. The quantitative estimate of drug-likeness (QED) is 0.698. The van der Waals surface area contributed by atoms with Crippen molar-refractivity contribution in [3.63, 3.8) is 0 Å². The maximum absolute atomic E-state index is 13.7. The van der Waals surface area contributed by atoms with Crippen molar-refractivity contribution < 1.29 is 4.39 Å². The number of hydrogen-bond donors (Lipinski definition) is 1. The minimum Gasteiger partial charge on any atom is -0.376 e. The van der Waals surface area contributed by atoms with Crippen LogP contribution in [0.15, 0.2) is 40.9 Å². The molecule has 5 heteroatoms. The number of benzene rings is 2. The van der Waals surface area contributed by atoms with Gasteiger partial charge in [0.2, 0.25) is 0 Å². The fraction of sp³-hybridized carbons (Fsp3) is 0.143. The number of rotatable bonds is 3. The average Bonchev–Trinajstić information content (AvgIpc) is 2.34. The standard InChI is InChI=1S/C14H11BrCl2FN/c1-8(10-4-2-3-5-13(10)18)19-14-11(16)6-9(15)7-12(14)17/h2-8,19H,1H3. The highest BCUT2D eigenvalue weighted by atomic mass is 79.9. The van der Waals surface area contributed by atoms with Crippen molar-refractivity contribution in [1.29, 1.82) is 0 Å². The Kier molecular flexibility index (Phi) is 4.71. The normalized spacial score (nSPS) is 12.3. The maximum atomic E-state index is 13.7. The fourth-order valence-electron chi connectivity index (χ4n) is 1.80. The molecule has 0 saturated carbocycles. The van der Waals surface area contributed by atoms with Crippen LogP contribution < -0.4 is 5.32 Å². The second-order valence-corrected chi connectivity index (χ2v) is 5.86. The van der Waals surface area contributed by atoms with E-state index in [-0.39, 0.29) is 11.9 Å². The van der Waals surface area contributed by atoms with Gasteiger partial charge in [-0.15, -0.1) is 0 Å². The van der Waals surface area contributed by atoms with Crippen LogP contribution in [-0.2, 0) is 0 Å². The largest absolute Gasteiger partial charge is 0.376 e. The van der Waals surface area contributed by atoms with Crippen LogP contribution >= 0.6 is 39.1 Å². The number of hydrogen-bond acceptors (Lipinski definition) is 1. The van der Waals surface area contributed by atoms with Crippen LogP contribution in [0.4, 0.5) is 10.1 Å². The minimum atomic E-state index is -0.258. The Morgan fingerprint density at radius 2 is 1.74 bits per heavy atom. The molecule has 0 aromatic heterocycles. The molecule has 0 aliphatic heterocycles. The highest BCUT2D eigenvalue weighted by molar-refractivity contribution is 9.10. The van der Waals surface area contributed by atoms with Gasteiger partial charge in [-0.25, -0.2) is 4.39 Å². The lowest BCUT2D eigenvalue weighted by Gasteiger charge is -2.18.